The van der Waals surface area contributed by atoms with Gasteiger partial charge in [-0.05, 0) is 118 Å². The Morgan fingerprint density at radius 1 is 0.300 bits per heavy atom. The Morgan fingerprint density at radius 3 is 1.13 bits per heavy atom. The van der Waals surface area contributed by atoms with Gasteiger partial charge in [0.15, 0.2) is 0 Å². The summed E-state index contributed by atoms with van der Waals surface area (Å²) in [4.78, 5) is 49.4. The van der Waals surface area contributed by atoms with Crippen molar-refractivity contribution in [1.29, 1.82) is 0 Å². The van der Waals surface area contributed by atoms with Crippen LogP contribution in [0.2, 0.25) is 0 Å². The average Bonchev–Trinajstić information content (AvgIpc) is 1.73. The maximum atomic E-state index is 4.48. The summed E-state index contributed by atoms with van der Waals surface area (Å²) in [6.45, 7) is 2.08. The van der Waals surface area contributed by atoms with Crippen LogP contribution in [0.15, 0.2) is 444 Å². The van der Waals surface area contributed by atoms with Crippen molar-refractivity contribution < 1.29 is 84.3 Å². The van der Waals surface area contributed by atoms with Gasteiger partial charge in [0.1, 0.15) is 0 Å². The number of para-hydroxylation sites is 17. The van der Waals surface area contributed by atoms with E-state index in [0.717, 1.165) is 145 Å². The molecular formula is C115H77N20Pt4S-3. The van der Waals surface area contributed by atoms with E-state index in [9.17, 15) is 0 Å². The number of benzene rings is 15. The van der Waals surface area contributed by atoms with Gasteiger partial charge in [-0.1, -0.05) is 173 Å². The summed E-state index contributed by atoms with van der Waals surface area (Å²) >= 11 is 1.73. The summed E-state index contributed by atoms with van der Waals surface area (Å²) in [5.74, 6) is 4.35. The summed E-state index contributed by atoms with van der Waals surface area (Å²) in [7, 11) is 2.06. The molecule has 0 saturated carbocycles. The molecule has 0 fully saturated rings. The molecule has 20 nitrogen and oxygen atoms in total. The molecule has 0 bridgehead atoms. The van der Waals surface area contributed by atoms with Crippen LogP contribution in [0.5, 0.6) is 0 Å². The third-order valence-electron chi connectivity index (χ3n) is 23.0. The Labute approximate surface area is 866 Å². The molecule has 1 aliphatic rings. The Bertz CT molecular complexity index is 8000. The Kier molecular flexibility index (Phi) is 29.6. The fourth-order valence-electron chi connectivity index (χ4n) is 17.0. The zero-order chi connectivity index (χ0) is 90.9. The fraction of sp³-hybridized carbons (Fsp3) is 0.00870. The standard InChI is InChI=1S/C16H9N2.4C15H10N3.C14H12N2.C13H8NS.C12H8N3.4Pt/c1-3-7-13-11(5-1)12-6-2-4-8-14(12)16-15(13)17-9-10-18-16;4*1-2-6-12(7-3-1)18-14-9-5-4-8-13(14)17-11-10-16-15(17)18;1-15-11-16(12-7-3-2-4-8-12)14-10-6-5-9-13(14)15;1-2-7-12-10(5-1)9-13(15-12)11-6-3-4-8-14-11;1-2-6-10-9(5-1)14-12(15-10)11-7-3-4-8-13-11;;;;/h1-7,9-10H;4*1-6,8-11H;2-7,9-11H,1H3;2*1-8H;;;;/q5*-1;-2;2*-1;;3*+2. The van der Waals surface area contributed by atoms with E-state index in [1.54, 1.807) is 29.9 Å². The molecule has 0 radical (unpaired) electrons. The van der Waals surface area contributed by atoms with Crippen molar-refractivity contribution in [2.75, 3.05) is 16.8 Å². The molecule has 0 spiro atoms. The number of aromatic nitrogens is 18. The van der Waals surface area contributed by atoms with Crippen molar-refractivity contribution in [1.82, 2.24) is 85.7 Å². The Morgan fingerprint density at radius 2 is 0.679 bits per heavy atom. The molecule has 29 rings (SSSR count). The molecule has 140 heavy (non-hydrogen) atoms. The SMILES string of the molecule is CN1[CH-]N(c2[c-]cccc2)c2ccccc21.[Pt+2].[Pt+2].[Pt+2].[Pt].[c-]1c(-c2ccccn2)sc2ccccc12.[c-]1cccc2c1c1nccnc1c1ccccc21.[c-]1ccccc1-n1c2ccccc2n2ccnc12.[c-]1ccccc1-n1c2ccccc2n2ccnc12.[c-]1ccccc1-n1c2ccccc2n2ccnc12.[c-]1ccccc1-n1c2ccccc2n2ccnc12.c1ccc(-c2nc3ccccc3[n-]2)nc1. The third-order valence-corrected chi connectivity index (χ3v) is 24.1. The van der Waals surface area contributed by atoms with Crippen LogP contribution in [0.3, 0.4) is 0 Å². The van der Waals surface area contributed by atoms with Crippen LogP contribution in [0.4, 0.5) is 17.1 Å². The maximum Gasteiger partial charge on any atom is 2.00 e. The van der Waals surface area contributed by atoms with Crippen molar-refractivity contribution in [3.05, 3.63) is 494 Å². The van der Waals surface area contributed by atoms with E-state index in [2.05, 4.69) is 273 Å². The summed E-state index contributed by atoms with van der Waals surface area (Å²) < 4.78 is 18.1. The zero-order valence-electron chi connectivity index (χ0n) is 74.3. The van der Waals surface area contributed by atoms with Gasteiger partial charge in [0, 0.05) is 118 Å². The first-order chi connectivity index (χ1) is 67.5. The van der Waals surface area contributed by atoms with Gasteiger partial charge < -0.3 is 48.0 Å². The molecule has 25 heteroatoms. The Hall–Kier alpha value is -15.7. The molecule has 28 aromatic rings. The molecule has 13 aromatic heterocycles. The van der Waals surface area contributed by atoms with Gasteiger partial charge in [0.25, 0.3) is 0 Å². The van der Waals surface area contributed by atoms with E-state index in [-0.39, 0.29) is 84.3 Å². The van der Waals surface area contributed by atoms with E-state index in [1.807, 2.05) is 304 Å². The molecular weight excluding hydrogens is 2470 g/mol. The maximum absolute atomic E-state index is 4.48. The van der Waals surface area contributed by atoms with Crippen LogP contribution in [0.1, 0.15) is 0 Å². The van der Waals surface area contributed by atoms with E-state index < -0.39 is 0 Å². The molecule has 0 atom stereocenters. The number of imidazole rings is 9. The second-order valence-corrected chi connectivity index (χ2v) is 32.3. The van der Waals surface area contributed by atoms with Crippen molar-refractivity contribution in [3.8, 4) is 44.8 Å². The molecule has 1 aliphatic heterocycles. The predicted molar refractivity (Wildman–Crippen MR) is 546 cm³/mol. The number of thiophene rings is 1. The quantitative estimate of drug-likeness (QED) is 0.109. The van der Waals surface area contributed by atoms with E-state index in [1.165, 1.54) is 32.2 Å². The first-order valence-corrected chi connectivity index (χ1v) is 44.9. The van der Waals surface area contributed by atoms with Gasteiger partial charge in [0.2, 0.25) is 23.1 Å². The van der Waals surface area contributed by atoms with Crippen molar-refractivity contribution in [2.24, 2.45) is 0 Å². The topological polar surface area (TPSA) is 174 Å². The molecule has 686 valence electrons. The van der Waals surface area contributed by atoms with Crippen LogP contribution in [-0.2, 0) is 84.3 Å². The van der Waals surface area contributed by atoms with Crippen molar-refractivity contribution in [3.63, 3.8) is 0 Å². The average molecular weight is 2550 g/mol. The summed E-state index contributed by atoms with van der Waals surface area (Å²) in [6.07, 6.45) is 22.2. The minimum Gasteiger partial charge on any atom is -0.504 e. The smallest absolute Gasteiger partial charge is 0.504 e. The number of anilines is 3. The summed E-state index contributed by atoms with van der Waals surface area (Å²) in [5, 5.41) is 5.74. The van der Waals surface area contributed by atoms with Gasteiger partial charge in [-0.15, -0.1) is 83.2 Å². The molecule has 0 N–H and O–H groups in total. The molecule has 0 unspecified atom stereocenters. The van der Waals surface area contributed by atoms with E-state index >= 15 is 0 Å². The van der Waals surface area contributed by atoms with Crippen LogP contribution in [0.25, 0.3) is 166 Å². The number of pyridine rings is 2. The largest absolute Gasteiger partial charge is 2.00 e. The normalized spacial score (nSPS) is 11.2. The van der Waals surface area contributed by atoms with Crippen LogP contribution in [0, 0.1) is 49.1 Å². The molecule has 15 aromatic carbocycles. The number of hydrogen-bond acceptors (Lipinski definition) is 12. The molecule has 14 heterocycles. The molecule has 0 saturated heterocycles. The summed E-state index contributed by atoms with van der Waals surface area (Å²) in [6, 6.07) is 146. The van der Waals surface area contributed by atoms with E-state index in [0.29, 0.717) is 5.82 Å². The number of rotatable bonds is 7. The number of nitrogens with zero attached hydrogens (tertiary/aromatic N) is 20. The first-order valence-electron chi connectivity index (χ1n) is 44.0. The zero-order valence-corrected chi connectivity index (χ0v) is 84.2. The first kappa shape index (κ1) is 94.6. The van der Waals surface area contributed by atoms with Crippen molar-refractivity contribution >= 4 is 149 Å². The number of hydrogen-bond donors (Lipinski definition) is 0. The van der Waals surface area contributed by atoms with Gasteiger partial charge >= 0.3 is 63.2 Å². The van der Waals surface area contributed by atoms with Crippen LogP contribution in [-0.4, -0.2) is 87.8 Å². The Balaban J connectivity index is 0.000000106. The fourth-order valence-corrected chi connectivity index (χ4v) is 18.0. The molecule has 0 amide bonds. The third kappa shape index (κ3) is 19.2. The van der Waals surface area contributed by atoms with Crippen molar-refractivity contribution in [2.45, 2.75) is 0 Å². The van der Waals surface area contributed by atoms with Crippen LogP contribution >= 0.6 is 11.3 Å². The minimum atomic E-state index is 0. The van der Waals surface area contributed by atoms with Gasteiger partial charge in [-0.25, -0.2) is 31.3 Å². The minimum absolute atomic E-state index is 0. The second-order valence-electron chi connectivity index (χ2n) is 31.3. The summed E-state index contributed by atoms with van der Waals surface area (Å²) in [5.41, 5.74) is 22.2. The second kappa shape index (κ2) is 43.7. The van der Waals surface area contributed by atoms with Gasteiger partial charge in [-0.3, -0.25) is 27.6 Å². The monoisotopic (exact) mass is 2550 g/mol. The van der Waals surface area contributed by atoms with Crippen LogP contribution < -0.4 is 14.8 Å². The van der Waals surface area contributed by atoms with E-state index in [4.69, 9.17) is 0 Å². The molecule has 0 aliphatic carbocycles. The predicted octanol–water partition coefficient (Wildman–Crippen LogP) is 25.3. The van der Waals surface area contributed by atoms with Gasteiger partial charge in [0.05, 0.1) is 55.3 Å². The van der Waals surface area contributed by atoms with Gasteiger partial charge in [-0.2, -0.15) is 134 Å². The number of fused-ring (bicyclic) bond motifs is 21.